The van der Waals surface area contributed by atoms with Gasteiger partial charge in [0.15, 0.2) is 0 Å². The van der Waals surface area contributed by atoms with Gasteiger partial charge < -0.3 is 9.88 Å². The first-order chi connectivity index (χ1) is 11.8. The zero-order chi connectivity index (χ0) is 16.4. The first-order valence-electron chi connectivity index (χ1n) is 8.30. The van der Waals surface area contributed by atoms with E-state index in [4.69, 9.17) is 4.98 Å². The molecule has 0 unspecified atom stereocenters. The van der Waals surface area contributed by atoms with Crippen LogP contribution >= 0.6 is 0 Å². The highest BCUT2D eigenvalue weighted by Crippen LogP contribution is 2.43. The van der Waals surface area contributed by atoms with E-state index in [1.54, 1.807) is 0 Å². The van der Waals surface area contributed by atoms with Crippen LogP contribution in [0.15, 0.2) is 43.1 Å². The molecule has 6 heteroatoms. The molecule has 0 aromatic carbocycles. The molecular formula is C18H20N6. The standard InChI is InChI=1S/C18H20N6/c1-13-20-8-10-24(13)11-9-21-18-22-12-16(14-4-6-19-7-5-14)17(23-18)15-2-3-15/h4-8,10,12,15H,2-3,9,11H2,1H3,(H,21,22,23). The molecule has 3 aromatic heterocycles. The first-order valence-corrected chi connectivity index (χ1v) is 8.30. The maximum absolute atomic E-state index is 4.78. The summed E-state index contributed by atoms with van der Waals surface area (Å²) in [6, 6.07) is 4.03. The van der Waals surface area contributed by atoms with E-state index in [0.29, 0.717) is 11.9 Å². The lowest BCUT2D eigenvalue weighted by atomic mass is 10.0. The van der Waals surface area contributed by atoms with Crippen molar-refractivity contribution in [2.45, 2.75) is 32.2 Å². The van der Waals surface area contributed by atoms with Crippen LogP contribution in [0.3, 0.4) is 0 Å². The van der Waals surface area contributed by atoms with Crippen LogP contribution in [0.1, 0.15) is 30.3 Å². The van der Waals surface area contributed by atoms with Crippen molar-refractivity contribution in [1.82, 2.24) is 24.5 Å². The molecule has 0 atom stereocenters. The maximum atomic E-state index is 4.78. The number of nitrogens with zero attached hydrogens (tertiary/aromatic N) is 5. The number of imidazole rings is 1. The van der Waals surface area contributed by atoms with Crippen molar-refractivity contribution in [3.63, 3.8) is 0 Å². The Morgan fingerprint density at radius 1 is 1.17 bits per heavy atom. The molecule has 1 aliphatic rings. The molecule has 0 radical (unpaired) electrons. The third-order valence-corrected chi connectivity index (χ3v) is 4.33. The number of nitrogens with one attached hydrogen (secondary N) is 1. The van der Waals surface area contributed by atoms with Crippen molar-refractivity contribution < 1.29 is 0 Å². The molecule has 1 N–H and O–H groups in total. The Morgan fingerprint density at radius 3 is 2.71 bits per heavy atom. The number of pyridine rings is 1. The van der Waals surface area contributed by atoms with Gasteiger partial charge >= 0.3 is 0 Å². The Labute approximate surface area is 141 Å². The highest BCUT2D eigenvalue weighted by molar-refractivity contribution is 5.66. The van der Waals surface area contributed by atoms with E-state index in [0.717, 1.165) is 35.7 Å². The first kappa shape index (κ1) is 14.8. The average molecular weight is 320 g/mol. The summed E-state index contributed by atoms with van der Waals surface area (Å²) in [7, 11) is 0. The third-order valence-electron chi connectivity index (χ3n) is 4.33. The molecule has 4 rings (SSSR count). The van der Waals surface area contributed by atoms with Crippen LogP contribution in [0.2, 0.25) is 0 Å². The molecule has 0 aliphatic heterocycles. The normalized spacial score (nSPS) is 13.9. The Kier molecular flexibility index (Phi) is 3.94. The van der Waals surface area contributed by atoms with Gasteiger partial charge in [-0.2, -0.15) is 0 Å². The molecule has 3 aromatic rings. The fourth-order valence-electron chi connectivity index (χ4n) is 2.83. The van der Waals surface area contributed by atoms with Crippen molar-refractivity contribution >= 4 is 5.95 Å². The Morgan fingerprint density at radius 2 is 2.00 bits per heavy atom. The van der Waals surface area contributed by atoms with Gasteiger partial charge in [0.2, 0.25) is 5.95 Å². The van der Waals surface area contributed by atoms with Crippen LogP contribution in [0, 0.1) is 6.92 Å². The number of aromatic nitrogens is 5. The fraction of sp³-hybridized carbons (Fsp3) is 0.333. The van der Waals surface area contributed by atoms with Gasteiger partial charge in [-0.3, -0.25) is 4.98 Å². The molecule has 1 aliphatic carbocycles. The van der Waals surface area contributed by atoms with Crippen LogP contribution in [-0.4, -0.2) is 31.0 Å². The van der Waals surface area contributed by atoms with E-state index in [9.17, 15) is 0 Å². The molecule has 0 spiro atoms. The van der Waals surface area contributed by atoms with Gasteiger partial charge in [-0.05, 0) is 37.5 Å². The number of aryl methyl sites for hydroxylation is 1. The molecule has 0 bridgehead atoms. The molecule has 122 valence electrons. The van der Waals surface area contributed by atoms with E-state index >= 15 is 0 Å². The van der Waals surface area contributed by atoms with Crippen molar-refractivity contribution in [1.29, 1.82) is 0 Å². The van der Waals surface area contributed by atoms with E-state index in [-0.39, 0.29) is 0 Å². The zero-order valence-corrected chi connectivity index (χ0v) is 13.7. The van der Waals surface area contributed by atoms with Crippen LogP contribution in [0.4, 0.5) is 5.95 Å². The quantitative estimate of drug-likeness (QED) is 0.756. The second-order valence-corrected chi connectivity index (χ2v) is 6.10. The number of hydrogen-bond acceptors (Lipinski definition) is 5. The molecule has 6 nitrogen and oxygen atoms in total. The molecule has 1 saturated carbocycles. The Bertz CT molecular complexity index is 823. The van der Waals surface area contributed by atoms with E-state index in [1.165, 1.54) is 12.8 Å². The van der Waals surface area contributed by atoms with Gasteiger partial charge in [-0.15, -0.1) is 0 Å². The third kappa shape index (κ3) is 3.13. The van der Waals surface area contributed by atoms with Gasteiger partial charge in [0.05, 0.1) is 5.69 Å². The second kappa shape index (κ2) is 6.39. The zero-order valence-electron chi connectivity index (χ0n) is 13.7. The molecule has 3 heterocycles. The Hall–Kier alpha value is -2.76. The van der Waals surface area contributed by atoms with Crippen molar-refractivity contribution in [3.8, 4) is 11.1 Å². The summed E-state index contributed by atoms with van der Waals surface area (Å²) in [4.78, 5) is 17.6. The summed E-state index contributed by atoms with van der Waals surface area (Å²) in [5, 5.41) is 3.33. The monoisotopic (exact) mass is 320 g/mol. The number of hydrogen-bond donors (Lipinski definition) is 1. The summed E-state index contributed by atoms with van der Waals surface area (Å²) in [6.45, 7) is 3.63. The Balaban J connectivity index is 1.51. The highest BCUT2D eigenvalue weighted by Gasteiger charge is 2.28. The van der Waals surface area contributed by atoms with Crippen LogP contribution in [0.25, 0.3) is 11.1 Å². The minimum absolute atomic E-state index is 0.563. The van der Waals surface area contributed by atoms with E-state index in [2.05, 4.69) is 24.8 Å². The second-order valence-electron chi connectivity index (χ2n) is 6.10. The van der Waals surface area contributed by atoms with Crippen LogP contribution < -0.4 is 5.32 Å². The van der Waals surface area contributed by atoms with Gasteiger partial charge in [-0.25, -0.2) is 15.0 Å². The predicted molar refractivity (Wildman–Crippen MR) is 92.7 cm³/mol. The average Bonchev–Trinajstić information content (AvgIpc) is 3.39. The lowest BCUT2D eigenvalue weighted by Crippen LogP contribution is -2.13. The molecule has 1 fully saturated rings. The molecule has 0 saturated heterocycles. The molecule has 0 amide bonds. The van der Waals surface area contributed by atoms with Crippen molar-refractivity contribution in [2.75, 3.05) is 11.9 Å². The van der Waals surface area contributed by atoms with Crippen molar-refractivity contribution in [2.24, 2.45) is 0 Å². The highest BCUT2D eigenvalue weighted by atomic mass is 15.1. The van der Waals surface area contributed by atoms with E-state index in [1.807, 2.05) is 50.0 Å². The SMILES string of the molecule is Cc1nccn1CCNc1ncc(-c2ccncc2)c(C2CC2)n1. The lowest BCUT2D eigenvalue weighted by Gasteiger charge is -2.11. The van der Waals surface area contributed by atoms with Crippen LogP contribution in [0.5, 0.6) is 0 Å². The number of rotatable bonds is 6. The van der Waals surface area contributed by atoms with Crippen LogP contribution in [-0.2, 0) is 6.54 Å². The molecular weight excluding hydrogens is 300 g/mol. The predicted octanol–water partition coefficient (Wildman–Crippen LogP) is 3.03. The maximum Gasteiger partial charge on any atom is 0.222 e. The molecule has 24 heavy (non-hydrogen) atoms. The number of anilines is 1. The summed E-state index contributed by atoms with van der Waals surface area (Å²) >= 11 is 0. The largest absolute Gasteiger partial charge is 0.352 e. The van der Waals surface area contributed by atoms with Crippen molar-refractivity contribution in [3.05, 3.63) is 54.6 Å². The van der Waals surface area contributed by atoms with Gasteiger partial charge in [0.1, 0.15) is 5.82 Å². The minimum Gasteiger partial charge on any atom is -0.352 e. The smallest absolute Gasteiger partial charge is 0.222 e. The lowest BCUT2D eigenvalue weighted by molar-refractivity contribution is 0.697. The minimum atomic E-state index is 0.563. The summed E-state index contributed by atoms with van der Waals surface area (Å²) in [5.74, 6) is 2.28. The van der Waals surface area contributed by atoms with Gasteiger partial charge in [0.25, 0.3) is 0 Å². The van der Waals surface area contributed by atoms with Gasteiger partial charge in [-0.1, -0.05) is 0 Å². The van der Waals surface area contributed by atoms with E-state index < -0.39 is 0 Å². The van der Waals surface area contributed by atoms with Gasteiger partial charge in [0, 0.05) is 55.6 Å². The summed E-state index contributed by atoms with van der Waals surface area (Å²) in [5.41, 5.74) is 3.40. The fourth-order valence-corrected chi connectivity index (χ4v) is 2.83. The topological polar surface area (TPSA) is 68.5 Å². The summed E-state index contributed by atoms with van der Waals surface area (Å²) in [6.07, 6.45) is 11.8. The summed E-state index contributed by atoms with van der Waals surface area (Å²) < 4.78 is 2.11.